The largest absolute Gasteiger partial charge is 0.263 e. The lowest BCUT2D eigenvalue weighted by Crippen LogP contribution is -2.37. The molecule has 5 rings (SSSR count). The number of hydrogen-bond donors (Lipinski definition) is 0. The molecule has 2 aromatic carbocycles. The molecule has 1 fully saturated rings. The van der Waals surface area contributed by atoms with Gasteiger partial charge in [0.2, 0.25) is 10.0 Å². The van der Waals surface area contributed by atoms with Gasteiger partial charge in [0.15, 0.2) is 0 Å². The Bertz CT molecular complexity index is 1480. The van der Waals surface area contributed by atoms with Gasteiger partial charge in [-0.25, -0.2) is 8.42 Å². The van der Waals surface area contributed by atoms with E-state index in [2.05, 4.69) is 32.8 Å². The minimum atomic E-state index is -3.50. The fraction of sp³-hybridized carbons (Fsp3) is 0.214. The molecule has 1 aliphatic rings. The minimum Gasteiger partial charge on any atom is -0.263 e. The van der Waals surface area contributed by atoms with E-state index in [1.165, 1.54) is 6.20 Å². The quantitative estimate of drug-likeness (QED) is 0.232. The van der Waals surface area contributed by atoms with Crippen molar-refractivity contribution in [2.24, 2.45) is 5.92 Å². The minimum absolute atomic E-state index is 0.226. The number of benzene rings is 2. The molecule has 9 heteroatoms. The Hall–Kier alpha value is -2.29. The van der Waals surface area contributed by atoms with Gasteiger partial charge in [-0.3, -0.25) is 9.97 Å². The number of piperidine rings is 1. The lowest BCUT2D eigenvalue weighted by molar-refractivity contribution is 0.288. The Morgan fingerprint density at radius 2 is 1.32 bits per heavy atom. The molecule has 3 heterocycles. The summed E-state index contributed by atoms with van der Waals surface area (Å²) >= 11 is 15.6. The Labute approximate surface area is 236 Å². The van der Waals surface area contributed by atoms with E-state index in [1.54, 1.807) is 35.0 Å². The average molecular weight is 619 g/mol. The smallest absolute Gasteiger partial charge is 0.244 e. The molecule has 1 aliphatic heterocycles. The van der Waals surface area contributed by atoms with E-state index in [0.717, 1.165) is 39.0 Å². The standard InChI is InChI=1S/C17H19ClN2O2S.C11H7BrClN/c1-13-6-8-20(9-7-13)23(21,22)15-10-14(11-19-12-15)16-4-2-3-5-17(16)18;12-9-5-8(6-14-7-9)10-3-1-2-4-11(10)13/h2-5,10-13H,6-9H2,1H3;1-7H. The van der Waals surface area contributed by atoms with Gasteiger partial charge in [0.25, 0.3) is 0 Å². The molecule has 2 aromatic heterocycles. The molecule has 37 heavy (non-hydrogen) atoms. The summed E-state index contributed by atoms with van der Waals surface area (Å²) in [5.41, 5.74) is 3.51. The molecule has 4 aromatic rings. The van der Waals surface area contributed by atoms with Crippen molar-refractivity contribution >= 4 is 49.2 Å². The van der Waals surface area contributed by atoms with E-state index in [0.29, 0.717) is 29.6 Å². The Balaban J connectivity index is 0.000000195. The first-order chi connectivity index (χ1) is 17.8. The molecule has 0 saturated carbocycles. The van der Waals surface area contributed by atoms with E-state index >= 15 is 0 Å². The molecule has 192 valence electrons. The second-order valence-corrected chi connectivity index (χ2v) is 12.5. The van der Waals surface area contributed by atoms with Crippen LogP contribution in [0.2, 0.25) is 10.0 Å². The van der Waals surface area contributed by atoms with E-state index in [-0.39, 0.29) is 4.90 Å². The molecule has 0 amide bonds. The van der Waals surface area contributed by atoms with Crippen molar-refractivity contribution in [1.29, 1.82) is 0 Å². The van der Waals surface area contributed by atoms with Gasteiger partial charge in [0.1, 0.15) is 4.90 Å². The Kier molecular flexibility index (Phi) is 9.37. The number of nitrogens with zero attached hydrogens (tertiary/aromatic N) is 3. The number of sulfonamides is 1. The molecule has 0 radical (unpaired) electrons. The van der Waals surface area contributed by atoms with Gasteiger partial charge in [0.05, 0.1) is 0 Å². The molecule has 0 bridgehead atoms. The van der Waals surface area contributed by atoms with Crippen LogP contribution in [0.3, 0.4) is 0 Å². The van der Waals surface area contributed by atoms with E-state index in [4.69, 9.17) is 23.2 Å². The fourth-order valence-corrected chi connectivity index (χ4v) is 6.35. The van der Waals surface area contributed by atoms with Crippen LogP contribution in [-0.4, -0.2) is 35.8 Å². The SMILES string of the molecule is CC1CCN(S(=O)(=O)c2cncc(-c3ccccc3Cl)c2)CC1.Clc1ccccc1-c1cncc(Br)c1. The van der Waals surface area contributed by atoms with Crippen LogP contribution in [0, 0.1) is 5.92 Å². The highest BCUT2D eigenvalue weighted by molar-refractivity contribution is 9.10. The first kappa shape index (κ1) is 27.7. The van der Waals surface area contributed by atoms with Gasteiger partial charge in [-0.15, -0.1) is 0 Å². The zero-order valence-electron chi connectivity index (χ0n) is 20.2. The summed E-state index contributed by atoms with van der Waals surface area (Å²) < 4.78 is 28.1. The van der Waals surface area contributed by atoms with Gasteiger partial charge in [-0.2, -0.15) is 4.31 Å². The highest BCUT2D eigenvalue weighted by Crippen LogP contribution is 2.30. The second kappa shape index (κ2) is 12.5. The normalized spacial score (nSPS) is 14.6. The number of halogens is 3. The zero-order chi connectivity index (χ0) is 26.4. The van der Waals surface area contributed by atoms with Gasteiger partial charge in [-0.05, 0) is 59.0 Å². The van der Waals surface area contributed by atoms with Crippen molar-refractivity contribution in [2.75, 3.05) is 13.1 Å². The van der Waals surface area contributed by atoms with E-state index in [9.17, 15) is 8.42 Å². The monoisotopic (exact) mass is 617 g/mol. The van der Waals surface area contributed by atoms with Crippen LogP contribution in [0.5, 0.6) is 0 Å². The maximum absolute atomic E-state index is 12.8. The fourth-order valence-electron chi connectivity index (χ4n) is 4.03. The van der Waals surface area contributed by atoms with Gasteiger partial charge in [-0.1, -0.05) is 66.5 Å². The Morgan fingerprint density at radius 3 is 1.86 bits per heavy atom. The predicted octanol–water partition coefficient (Wildman–Crippen LogP) is 7.99. The second-order valence-electron chi connectivity index (χ2n) is 8.85. The van der Waals surface area contributed by atoms with Crippen LogP contribution in [0.15, 0.2) is 94.8 Å². The van der Waals surface area contributed by atoms with Gasteiger partial charge < -0.3 is 0 Å². The highest BCUT2D eigenvalue weighted by Gasteiger charge is 2.28. The van der Waals surface area contributed by atoms with Crippen molar-refractivity contribution in [1.82, 2.24) is 14.3 Å². The van der Waals surface area contributed by atoms with Crippen molar-refractivity contribution in [3.05, 3.63) is 100.0 Å². The number of pyridine rings is 2. The highest BCUT2D eigenvalue weighted by atomic mass is 79.9. The molecule has 0 atom stereocenters. The molecular weight excluding hydrogens is 593 g/mol. The number of rotatable bonds is 4. The van der Waals surface area contributed by atoms with Gasteiger partial charge in [0, 0.05) is 74.6 Å². The predicted molar refractivity (Wildman–Crippen MR) is 154 cm³/mol. The molecule has 1 saturated heterocycles. The summed E-state index contributed by atoms with van der Waals surface area (Å²) in [7, 11) is -3.50. The van der Waals surface area contributed by atoms with Crippen LogP contribution in [0.1, 0.15) is 19.8 Å². The zero-order valence-corrected chi connectivity index (χ0v) is 24.1. The Morgan fingerprint density at radius 1 is 0.811 bits per heavy atom. The van der Waals surface area contributed by atoms with Crippen LogP contribution >= 0.6 is 39.1 Å². The van der Waals surface area contributed by atoms with Crippen molar-refractivity contribution in [3.63, 3.8) is 0 Å². The van der Waals surface area contributed by atoms with Crippen molar-refractivity contribution < 1.29 is 8.42 Å². The first-order valence-electron chi connectivity index (χ1n) is 11.8. The third kappa shape index (κ3) is 6.98. The molecule has 0 unspecified atom stereocenters. The third-order valence-corrected chi connectivity index (χ3v) is 9.12. The van der Waals surface area contributed by atoms with Crippen LogP contribution in [0.4, 0.5) is 0 Å². The van der Waals surface area contributed by atoms with E-state index in [1.807, 2.05) is 48.5 Å². The maximum atomic E-state index is 12.8. The van der Waals surface area contributed by atoms with Crippen LogP contribution in [0.25, 0.3) is 22.3 Å². The summed E-state index contributed by atoms with van der Waals surface area (Å²) in [6.07, 6.45) is 8.40. The summed E-state index contributed by atoms with van der Waals surface area (Å²) in [5, 5.41) is 1.32. The summed E-state index contributed by atoms with van der Waals surface area (Å²) in [5.74, 6) is 0.578. The van der Waals surface area contributed by atoms with Crippen molar-refractivity contribution in [2.45, 2.75) is 24.7 Å². The average Bonchev–Trinajstić information content (AvgIpc) is 2.90. The molecule has 0 N–H and O–H groups in total. The maximum Gasteiger partial charge on any atom is 0.244 e. The molecule has 5 nitrogen and oxygen atoms in total. The topological polar surface area (TPSA) is 63.2 Å². The number of aromatic nitrogens is 2. The molecule has 0 aliphatic carbocycles. The van der Waals surface area contributed by atoms with Crippen molar-refractivity contribution in [3.8, 4) is 22.3 Å². The third-order valence-electron chi connectivity index (χ3n) is 6.17. The van der Waals surface area contributed by atoms with E-state index < -0.39 is 10.0 Å². The van der Waals surface area contributed by atoms with Gasteiger partial charge >= 0.3 is 0 Å². The lowest BCUT2D eigenvalue weighted by Gasteiger charge is -2.29. The summed E-state index contributed by atoms with van der Waals surface area (Å²) in [6, 6.07) is 18.7. The molecular formula is C28H26BrCl2N3O2S. The molecule has 0 spiro atoms. The summed E-state index contributed by atoms with van der Waals surface area (Å²) in [4.78, 5) is 8.44. The van der Waals surface area contributed by atoms with Crippen LogP contribution < -0.4 is 0 Å². The van der Waals surface area contributed by atoms with Crippen LogP contribution in [-0.2, 0) is 10.0 Å². The number of hydrogen-bond acceptors (Lipinski definition) is 4. The first-order valence-corrected chi connectivity index (χ1v) is 14.8. The summed E-state index contributed by atoms with van der Waals surface area (Å²) in [6.45, 7) is 3.29. The lowest BCUT2D eigenvalue weighted by atomic mass is 10.0.